The molecule has 234 valence electrons. The fraction of sp³-hybridized carbons (Fsp3) is 0.444. The van der Waals surface area contributed by atoms with E-state index in [0.717, 1.165) is 0 Å². The third-order valence-corrected chi connectivity index (χ3v) is 9.29. The molecule has 0 unspecified atom stereocenters. The van der Waals surface area contributed by atoms with Crippen LogP contribution in [-0.4, -0.2) is 19.9 Å². The molecule has 0 aromatic carbocycles. The minimum Gasteiger partial charge on any atom is -0.350 e. The van der Waals surface area contributed by atoms with Crippen LogP contribution in [0.15, 0.2) is 0 Å². The summed E-state index contributed by atoms with van der Waals surface area (Å²) in [6.07, 6.45) is 3.50. The molecule has 0 saturated heterocycles. The van der Waals surface area contributed by atoms with Crippen LogP contribution in [0, 0.1) is 23.3 Å². The van der Waals surface area contributed by atoms with Crippen molar-refractivity contribution in [3.8, 4) is 0 Å². The maximum Gasteiger partial charge on any atom is 0.174 e. The van der Waals surface area contributed by atoms with Gasteiger partial charge in [-0.2, -0.15) is 0 Å². The van der Waals surface area contributed by atoms with Gasteiger partial charge in [0.05, 0.1) is 22.1 Å². The Morgan fingerprint density at radius 1 is 0.364 bits per heavy atom. The maximum atomic E-state index is 16.8. The Morgan fingerprint density at radius 3 is 0.864 bits per heavy atom. The Balaban J connectivity index is 2.18. The number of halogens is 4. The predicted octanol–water partition coefficient (Wildman–Crippen LogP) is 10.6. The molecule has 0 radical (unpaired) electrons. The number of nitrogens with one attached hydrogen (secondary N) is 2. The van der Waals surface area contributed by atoms with Crippen LogP contribution in [-0.2, 0) is 25.7 Å². The monoisotopic (exact) mass is 606 g/mol. The van der Waals surface area contributed by atoms with E-state index in [0.29, 0.717) is 95.9 Å². The molecule has 8 heteroatoms. The third kappa shape index (κ3) is 4.55. The quantitative estimate of drug-likeness (QED) is 0.251. The highest BCUT2D eigenvalue weighted by Gasteiger charge is 2.31. The molecule has 8 bridgehead atoms. The summed E-state index contributed by atoms with van der Waals surface area (Å²) in [6.45, 7) is 15.2. The van der Waals surface area contributed by atoms with Crippen molar-refractivity contribution in [3.05, 3.63) is 68.3 Å². The van der Waals surface area contributed by atoms with Crippen LogP contribution < -0.4 is 0 Å². The van der Waals surface area contributed by atoms with Crippen LogP contribution >= 0.6 is 0 Å². The molecule has 3 aromatic rings. The van der Waals surface area contributed by atoms with E-state index >= 15 is 17.6 Å². The topological polar surface area (TPSA) is 57.4 Å². The number of aromatic nitrogens is 4. The highest BCUT2D eigenvalue weighted by atomic mass is 19.1. The lowest BCUT2D eigenvalue weighted by atomic mass is 9.97. The van der Waals surface area contributed by atoms with E-state index < -0.39 is 23.3 Å². The number of aromatic amines is 2. The first-order chi connectivity index (χ1) is 21.2. The molecular weight excluding hydrogens is 564 g/mol. The van der Waals surface area contributed by atoms with E-state index in [1.165, 1.54) is 0 Å². The van der Waals surface area contributed by atoms with Crippen LogP contribution in [0.5, 0.6) is 0 Å². The Morgan fingerprint density at radius 2 is 0.614 bits per heavy atom. The average molecular weight is 607 g/mol. The van der Waals surface area contributed by atoms with Crippen LogP contribution in [0.4, 0.5) is 17.6 Å². The van der Waals surface area contributed by atoms with Crippen LogP contribution in [0.2, 0.25) is 0 Å². The number of allylic oxidation sites excluding steroid dienone is 4. The van der Waals surface area contributed by atoms with Crippen molar-refractivity contribution in [3.63, 3.8) is 0 Å². The summed E-state index contributed by atoms with van der Waals surface area (Å²) in [5.74, 6) is -2.53. The molecule has 0 saturated carbocycles. The summed E-state index contributed by atoms with van der Waals surface area (Å²) in [5.41, 5.74) is 5.82. The normalized spacial score (nSPS) is 13.5. The van der Waals surface area contributed by atoms with Crippen molar-refractivity contribution in [2.45, 2.75) is 107 Å². The zero-order valence-corrected chi connectivity index (χ0v) is 27.1. The first-order valence-electron chi connectivity index (χ1n) is 16.1. The summed E-state index contributed by atoms with van der Waals surface area (Å²) in [5, 5.41) is 0. The zero-order chi connectivity index (χ0) is 32.0. The Kier molecular flexibility index (Phi) is 8.92. The molecule has 0 atom stereocenters. The van der Waals surface area contributed by atoms with Gasteiger partial charge in [-0.1, -0.05) is 55.4 Å². The predicted molar refractivity (Wildman–Crippen MR) is 173 cm³/mol. The number of rotatable bonds is 8. The van der Waals surface area contributed by atoms with Crippen molar-refractivity contribution in [2.24, 2.45) is 0 Å². The second-order valence-corrected chi connectivity index (χ2v) is 11.3. The molecule has 3 aromatic heterocycles. The van der Waals surface area contributed by atoms with Gasteiger partial charge in [-0.3, -0.25) is 0 Å². The van der Waals surface area contributed by atoms with Crippen molar-refractivity contribution >= 4 is 44.4 Å². The molecule has 4 nitrogen and oxygen atoms in total. The number of hydrogen-bond donors (Lipinski definition) is 2. The molecule has 0 amide bonds. The highest BCUT2D eigenvalue weighted by molar-refractivity contribution is 5.97. The van der Waals surface area contributed by atoms with Gasteiger partial charge in [-0.05, 0) is 95.9 Å². The maximum absolute atomic E-state index is 16.8. The van der Waals surface area contributed by atoms with Gasteiger partial charge in [0.1, 0.15) is 22.8 Å². The second kappa shape index (κ2) is 12.4. The Bertz CT molecular complexity index is 1760. The second-order valence-electron chi connectivity index (χ2n) is 11.3. The first kappa shape index (κ1) is 31.7. The largest absolute Gasteiger partial charge is 0.350 e. The smallest absolute Gasteiger partial charge is 0.174 e. The molecule has 5 rings (SSSR count). The number of H-pyrrole nitrogens is 2. The first-order valence-corrected chi connectivity index (χ1v) is 16.1. The summed E-state index contributed by atoms with van der Waals surface area (Å²) in [6, 6.07) is 0. The Hall–Kier alpha value is -3.68. The molecule has 44 heavy (non-hydrogen) atoms. The van der Waals surface area contributed by atoms with Gasteiger partial charge in [0.2, 0.25) is 0 Å². The average Bonchev–Trinajstić information content (AvgIpc) is 3.80. The fourth-order valence-electron chi connectivity index (χ4n) is 7.25. The molecule has 5 heterocycles. The van der Waals surface area contributed by atoms with E-state index in [-0.39, 0.29) is 44.8 Å². The number of hydrogen-bond acceptors (Lipinski definition) is 2. The Labute approximate surface area is 256 Å². The molecule has 0 spiro atoms. The lowest BCUT2D eigenvalue weighted by Crippen LogP contribution is -1.95. The number of fused-ring (bicyclic) bond motifs is 8. The SMILES string of the molecule is CCC1=C(CC)c2nc1c(F)c1nc(c(F)c3[nH]c(c(CC)c3CC)c(F)c3[nH]c(c2F)c(CC)c3CC)C(CC)=C1CC. The summed E-state index contributed by atoms with van der Waals surface area (Å²) >= 11 is 0. The fourth-order valence-corrected chi connectivity index (χ4v) is 7.25. The standard InChI is InChI=1S/C36H42F4N4/c1-9-17-18(10-2)30-26(38)32-21(13-5)22(14-6)34(43-32)28(40)36-24(16-8)23(15-7)35(44-36)27(39)33-20(12-4)19(11-3)31(42-33)25(37)29(17)41-30/h41-42H,9-16H2,1-8H3. The van der Waals surface area contributed by atoms with Gasteiger partial charge in [-0.25, -0.2) is 27.5 Å². The van der Waals surface area contributed by atoms with Crippen molar-refractivity contribution in [1.82, 2.24) is 19.9 Å². The van der Waals surface area contributed by atoms with Crippen LogP contribution in [0.3, 0.4) is 0 Å². The zero-order valence-electron chi connectivity index (χ0n) is 27.1. The van der Waals surface area contributed by atoms with E-state index in [1.54, 1.807) is 0 Å². The van der Waals surface area contributed by atoms with Crippen molar-refractivity contribution < 1.29 is 17.6 Å². The van der Waals surface area contributed by atoms with E-state index in [9.17, 15) is 0 Å². The third-order valence-electron chi connectivity index (χ3n) is 9.29. The highest BCUT2D eigenvalue weighted by Crippen LogP contribution is 2.42. The molecule has 2 N–H and O–H groups in total. The van der Waals surface area contributed by atoms with E-state index in [2.05, 4.69) is 19.9 Å². The van der Waals surface area contributed by atoms with E-state index in [1.807, 2.05) is 55.4 Å². The van der Waals surface area contributed by atoms with Crippen molar-refractivity contribution in [2.75, 3.05) is 0 Å². The van der Waals surface area contributed by atoms with Gasteiger partial charge in [0.15, 0.2) is 23.3 Å². The minimum absolute atomic E-state index is 0.0337. The molecule has 0 fully saturated rings. The summed E-state index contributed by atoms with van der Waals surface area (Å²) in [4.78, 5) is 15.3. The van der Waals surface area contributed by atoms with Gasteiger partial charge >= 0.3 is 0 Å². The summed E-state index contributed by atoms with van der Waals surface area (Å²) < 4.78 is 67.1. The molecule has 2 aliphatic heterocycles. The van der Waals surface area contributed by atoms with Crippen LogP contribution in [0.25, 0.3) is 44.4 Å². The molecule has 2 aliphatic rings. The van der Waals surface area contributed by atoms with Crippen LogP contribution in [0.1, 0.15) is 126 Å². The summed E-state index contributed by atoms with van der Waals surface area (Å²) in [7, 11) is 0. The lowest BCUT2D eigenvalue weighted by Gasteiger charge is -2.06. The van der Waals surface area contributed by atoms with Crippen molar-refractivity contribution in [1.29, 1.82) is 0 Å². The number of nitrogens with zero attached hydrogens (tertiary/aromatic N) is 2. The van der Waals surface area contributed by atoms with E-state index in [4.69, 9.17) is 0 Å². The van der Waals surface area contributed by atoms with Gasteiger partial charge in [0, 0.05) is 0 Å². The molecule has 0 aliphatic carbocycles. The van der Waals surface area contributed by atoms with Gasteiger partial charge in [0.25, 0.3) is 0 Å². The van der Waals surface area contributed by atoms with Gasteiger partial charge in [-0.15, -0.1) is 0 Å². The van der Waals surface area contributed by atoms with Gasteiger partial charge < -0.3 is 9.97 Å². The minimum atomic E-state index is -0.679. The lowest BCUT2D eigenvalue weighted by molar-refractivity contribution is 0.603. The number of aryl methyl sites for hydroxylation is 4. The molecular formula is C36H42F4N4.